The van der Waals surface area contributed by atoms with Gasteiger partial charge in [0.05, 0.1) is 0 Å². The van der Waals surface area contributed by atoms with Gasteiger partial charge in [0, 0.05) is 17.9 Å². The van der Waals surface area contributed by atoms with Crippen LogP contribution in [0.5, 0.6) is 0 Å². The third-order valence-corrected chi connectivity index (χ3v) is 2.76. The molecule has 0 aliphatic carbocycles. The zero-order valence-electron chi connectivity index (χ0n) is 10.8. The zero-order valence-corrected chi connectivity index (χ0v) is 10.8. The number of benzene rings is 2. The van der Waals surface area contributed by atoms with Crippen molar-refractivity contribution in [2.24, 2.45) is 5.73 Å². The van der Waals surface area contributed by atoms with Crippen LogP contribution in [0.2, 0.25) is 0 Å². The summed E-state index contributed by atoms with van der Waals surface area (Å²) in [6.07, 6.45) is 0. The number of aryl methyl sites for hydroxylation is 1. The number of urea groups is 1. The van der Waals surface area contributed by atoms with E-state index in [4.69, 9.17) is 5.73 Å². The minimum absolute atomic E-state index is 0.272. The van der Waals surface area contributed by atoms with E-state index < -0.39 is 0 Å². The highest BCUT2D eigenvalue weighted by molar-refractivity contribution is 6.00. The lowest BCUT2D eigenvalue weighted by atomic mass is 10.2. The maximum absolute atomic E-state index is 11.9. The predicted molar refractivity (Wildman–Crippen MR) is 78.2 cm³/mol. The Kier molecular flexibility index (Phi) is 4.15. The molecule has 0 saturated carbocycles. The van der Waals surface area contributed by atoms with E-state index in [2.05, 4.69) is 10.6 Å². The van der Waals surface area contributed by atoms with Crippen molar-refractivity contribution >= 4 is 17.4 Å². The molecule has 19 heavy (non-hydrogen) atoms. The molecule has 4 heteroatoms. The van der Waals surface area contributed by atoms with Crippen LogP contribution in [-0.2, 0) is 6.54 Å². The summed E-state index contributed by atoms with van der Waals surface area (Å²) >= 11 is 0. The van der Waals surface area contributed by atoms with Crippen LogP contribution in [0.25, 0.3) is 0 Å². The molecule has 0 radical (unpaired) electrons. The molecule has 0 aliphatic heterocycles. The molecule has 2 aromatic rings. The molecule has 0 aliphatic rings. The lowest BCUT2D eigenvalue weighted by Gasteiger charge is -2.11. The van der Waals surface area contributed by atoms with Gasteiger partial charge >= 0.3 is 6.03 Å². The van der Waals surface area contributed by atoms with Gasteiger partial charge in [0.15, 0.2) is 0 Å². The minimum atomic E-state index is -0.272. The van der Waals surface area contributed by atoms with Gasteiger partial charge in [0.1, 0.15) is 0 Å². The monoisotopic (exact) mass is 255 g/mol. The first-order valence-electron chi connectivity index (χ1n) is 6.11. The predicted octanol–water partition coefficient (Wildman–Crippen LogP) is 3.10. The standard InChI is InChI=1S/C15H17N3O/c1-11-5-4-7-13(9-11)17-15(19)18-14-8-3-2-6-12(14)10-16/h2-9H,10,16H2,1H3,(H2,17,18,19). The van der Waals surface area contributed by atoms with E-state index in [0.29, 0.717) is 6.54 Å². The number of hydrogen-bond donors (Lipinski definition) is 3. The lowest BCUT2D eigenvalue weighted by Crippen LogP contribution is -2.20. The van der Waals surface area contributed by atoms with E-state index >= 15 is 0 Å². The van der Waals surface area contributed by atoms with Gasteiger partial charge in [-0.3, -0.25) is 0 Å². The van der Waals surface area contributed by atoms with Crippen molar-refractivity contribution in [3.63, 3.8) is 0 Å². The third kappa shape index (κ3) is 3.56. The Hall–Kier alpha value is -2.33. The number of nitrogens with one attached hydrogen (secondary N) is 2. The number of rotatable bonds is 3. The van der Waals surface area contributed by atoms with E-state index in [1.807, 2.05) is 55.5 Å². The molecule has 2 aromatic carbocycles. The van der Waals surface area contributed by atoms with Gasteiger partial charge in [0.25, 0.3) is 0 Å². The Labute approximate surface area is 112 Å². The van der Waals surface area contributed by atoms with Gasteiger partial charge in [-0.15, -0.1) is 0 Å². The fraction of sp³-hybridized carbons (Fsp3) is 0.133. The van der Waals surface area contributed by atoms with Crippen LogP contribution in [0, 0.1) is 6.92 Å². The molecule has 4 N–H and O–H groups in total. The molecule has 2 amide bonds. The first-order valence-corrected chi connectivity index (χ1v) is 6.11. The van der Waals surface area contributed by atoms with Gasteiger partial charge in [-0.1, -0.05) is 30.3 Å². The second kappa shape index (κ2) is 6.02. The Balaban J connectivity index is 2.05. The maximum atomic E-state index is 11.9. The molecule has 0 unspecified atom stereocenters. The fourth-order valence-corrected chi connectivity index (χ4v) is 1.83. The number of amides is 2. The Bertz CT molecular complexity index is 581. The van der Waals surface area contributed by atoms with Crippen molar-refractivity contribution in [2.45, 2.75) is 13.5 Å². The first kappa shape index (κ1) is 13.1. The smallest absolute Gasteiger partial charge is 0.323 e. The number of para-hydroxylation sites is 1. The molecule has 0 atom stereocenters. The summed E-state index contributed by atoms with van der Waals surface area (Å²) in [5, 5.41) is 5.59. The second-order valence-electron chi connectivity index (χ2n) is 4.31. The van der Waals surface area contributed by atoms with Crippen LogP contribution < -0.4 is 16.4 Å². The molecule has 0 saturated heterocycles. The summed E-state index contributed by atoms with van der Waals surface area (Å²) in [6, 6.07) is 14.8. The number of carbonyl (C=O) groups excluding carboxylic acids is 1. The van der Waals surface area contributed by atoms with Crippen LogP contribution >= 0.6 is 0 Å². The van der Waals surface area contributed by atoms with Crippen LogP contribution in [-0.4, -0.2) is 6.03 Å². The van der Waals surface area contributed by atoms with Gasteiger partial charge in [-0.2, -0.15) is 0 Å². The molecule has 0 fully saturated rings. The molecule has 98 valence electrons. The topological polar surface area (TPSA) is 67.2 Å². The number of carbonyl (C=O) groups is 1. The summed E-state index contributed by atoms with van der Waals surface area (Å²) in [6.45, 7) is 2.37. The summed E-state index contributed by atoms with van der Waals surface area (Å²) in [5.74, 6) is 0. The highest BCUT2D eigenvalue weighted by Gasteiger charge is 2.05. The molecule has 2 rings (SSSR count). The lowest BCUT2D eigenvalue weighted by molar-refractivity contribution is 0.262. The van der Waals surface area contributed by atoms with Crippen LogP contribution in [0.3, 0.4) is 0 Å². The van der Waals surface area contributed by atoms with Crippen molar-refractivity contribution in [3.8, 4) is 0 Å². The van der Waals surface area contributed by atoms with Crippen molar-refractivity contribution in [1.29, 1.82) is 0 Å². The Morgan fingerprint density at radius 3 is 2.63 bits per heavy atom. The van der Waals surface area contributed by atoms with E-state index in [9.17, 15) is 4.79 Å². The van der Waals surface area contributed by atoms with Gasteiger partial charge in [-0.05, 0) is 36.2 Å². The molecule has 0 spiro atoms. The number of anilines is 2. The van der Waals surface area contributed by atoms with Crippen molar-refractivity contribution in [2.75, 3.05) is 10.6 Å². The summed E-state index contributed by atoms with van der Waals surface area (Å²) < 4.78 is 0. The SMILES string of the molecule is Cc1cccc(NC(=O)Nc2ccccc2CN)c1. The van der Waals surface area contributed by atoms with Gasteiger partial charge < -0.3 is 16.4 Å². The van der Waals surface area contributed by atoms with Crippen LogP contribution in [0.15, 0.2) is 48.5 Å². The minimum Gasteiger partial charge on any atom is -0.326 e. The summed E-state index contributed by atoms with van der Waals surface area (Å²) in [5.41, 5.74) is 9.13. The maximum Gasteiger partial charge on any atom is 0.323 e. The normalized spacial score (nSPS) is 10.0. The van der Waals surface area contributed by atoms with E-state index in [1.165, 1.54) is 0 Å². The van der Waals surface area contributed by atoms with Gasteiger partial charge in [-0.25, -0.2) is 4.79 Å². The summed E-state index contributed by atoms with van der Waals surface area (Å²) in [7, 11) is 0. The number of hydrogen-bond acceptors (Lipinski definition) is 2. The third-order valence-electron chi connectivity index (χ3n) is 2.76. The highest BCUT2D eigenvalue weighted by atomic mass is 16.2. The molecule has 0 heterocycles. The quantitative estimate of drug-likeness (QED) is 0.789. The average Bonchev–Trinajstić information content (AvgIpc) is 2.39. The van der Waals surface area contributed by atoms with Gasteiger partial charge in [0.2, 0.25) is 0 Å². The largest absolute Gasteiger partial charge is 0.326 e. The molecular weight excluding hydrogens is 238 g/mol. The molecule has 0 aromatic heterocycles. The average molecular weight is 255 g/mol. The molecular formula is C15H17N3O. The van der Waals surface area contributed by atoms with E-state index in [-0.39, 0.29) is 6.03 Å². The fourth-order valence-electron chi connectivity index (χ4n) is 1.83. The second-order valence-corrected chi connectivity index (χ2v) is 4.31. The van der Waals surface area contributed by atoms with Crippen molar-refractivity contribution in [1.82, 2.24) is 0 Å². The van der Waals surface area contributed by atoms with E-state index in [0.717, 1.165) is 22.5 Å². The first-order chi connectivity index (χ1) is 9.19. The highest BCUT2D eigenvalue weighted by Crippen LogP contribution is 2.15. The Morgan fingerprint density at radius 1 is 1.11 bits per heavy atom. The summed E-state index contributed by atoms with van der Waals surface area (Å²) in [4.78, 5) is 11.9. The molecule has 4 nitrogen and oxygen atoms in total. The Morgan fingerprint density at radius 2 is 1.89 bits per heavy atom. The van der Waals surface area contributed by atoms with Crippen molar-refractivity contribution in [3.05, 3.63) is 59.7 Å². The van der Waals surface area contributed by atoms with Crippen molar-refractivity contribution < 1.29 is 4.79 Å². The van der Waals surface area contributed by atoms with E-state index in [1.54, 1.807) is 0 Å². The van der Waals surface area contributed by atoms with Crippen LogP contribution in [0.1, 0.15) is 11.1 Å². The number of nitrogens with two attached hydrogens (primary N) is 1. The zero-order chi connectivity index (χ0) is 13.7. The van der Waals surface area contributed by atoms with Crippen LogP contribution in [0.4, 0.5) is 16.2 Å². The molecule has 0 bridgehead atoms.